The van der Waals surface area contributed by atoms with E-state index in [0.717, 1.165) is 11.0 Å². The molecular weight excluding hydrogens is 249 g/mol. The molecule has 100 valence electrons. The minimum Gasteiger partial charge on any atom is -0.497 e. The number of imide groups is 1. The lowest BCUT2D eigenvalue weighted by Crippen LogP contribution is -2.35. The molecule has 1 aromatic rings. The van der Waals surface area contributed by atoms with Crippen LogP contribution in [0.2, 0.25) is 0 Å². The molecule has 0 aliphatic carbocycles. The highest BCUT2D eigenvalue weighted by atomic mass is 19.1. The number of ether oxygens (including phenoxy) is 1. The van der Waals surface area contributed by atoms with Gasteiger partial charge in [-0.25, -0.2) is 4.39 Å². The first-order chi connectivity index (χ1) is 8.99. The molecule has 1 rings (SSSR count). The summed E-state index contributed by atoms with van der Waals surface area (Å²) in [6.07, 6.45) is 0.949. The number of nitrogens with zero attached hydrogens (tertiary/aromatic N) is 1. The molecule has 0 atom stereocenters. The SMILES string of the molecule is C=CC(=O)N(Cc1ccc(OC)cc1)C(=O)C(=C)F. The van der Waals surface area contributed by atoms with Gasteiger partial charge in [0.05, 0.1) is 13.7 Å². The number of halogens is 1. The first-order valence-electron chi connectivity index (χ1n) is 5.45. The van der Waals surface area contributed by atoms with Crippen LogP contribution in [0.1, 0.15) is 5.56 Å². The maximum Gasteiger partial charge on any atom is 0.289 e. The van der Waals surface area contributed by atoms with Crippen LogP contribution < -0.4 is 4.74 Å². The molecule has 0 saturated carbocycles. The summed E-state index contributed by atoms with van der Waals surface area (Å²) < 4.78 is 17.9. The lowest BCUT2D eigenvalue weighted by Gasteiger charge is -2.18. The van der Waals surface area contributed by atoms with Crippen LogP contribution in [0.5, 0.6) is 5.75 Å². The zero-order valence-corrected chi connectivity index (χ0v) is 10.6. The van der Waals surface area contributed by atoms with Gasteiger partial charge in [-0.1, -0.05) is 25.3 Å². The van der Waals surface area contributed by atoms with Crippen molar-refractivity contribution >= 4 is 11.8 Å². The first-order valence-corrected chi connectivity index (χ1v) is 5.45. The molecule has 0 aliphatic heterocycles. The maximum absolute atomic E-state index is 12.9. The Morgan fingerprint density at radius 3 is 2.37 bits per heavy atom. The van der Waals surface area contributed by atoms with E-state index in [1.54, 1.807) is 24.3 Å². The van der Waals surface area contributed by atoms with Crippen LogP contribution in [0.3, 0.4) is 0 Å². The maximum atomic E-state index is 12.9. The van der Waals surface area contributed by atoms with Crippen molar-refractivity contribution in [2.24, 2.45) is 0 Å². The molecular formula is C14H14FNO3. The van der Waals surface area contributed by atoms with E-state index in [4.69, 9.17) is 4.74 Å². The van der Waals surface area contributed by atoms with Gasteiger partial charge in [0.15, 0.2) is 5.83 Å². The molecule has 19 heavy (non-hydrogen) atoms. The molecule has 0 aliphatic rings. The molecule has 0 bridgehead atoms. The molecule has 5 heteroatoms. The smallest absolute Gasteiger partial charge is 0.289 e. The first kappa shape index (κ1) is 14.6. The summed E-state index contributed by atoms with van der Waals surface area (Å²) in [5.41, 5.74) is 0.658. The number of methoxy groups -OCH3 is 1. The van der Waals surface area contributed by atoms with Crippen LogP contribution in [0.25, 0.3) is 0 Å². The number of hydrogen-bond acceptors (Lipinski definition) is 3. The van der Waals surface area contributed by atoms with Crippen LogP contribution in [0, 0.1) is 0 Å². The van der Waals surface area contributed by atoms with Gasteiger partial charge in [-0.2, -0.15) is 0 Å². The predicted octanol–water partition coefficient (Wildman–Crippen LogP) is 2.22. The predicted molar refractivity (Wildman–Crippen MR) is 69.0 cm³/mol. The fourth-order valence-electron chi connectivity index (χ4n) is 1.42. The lowest BCUT2D eigenvalue weighted by molar-refractivity contribution is -0.141. The Labute approximate surface area is 110 Å². The summed E-state index contributed by atoms with van der Waals surface area (Å²) >= 11 is 0. The van der Waals surface area contributed by atoms with E-state index in [9.17, 15) is 14.0 Å². The number of carbonyl (C=O) groups excluding carboxylic acids is 2. The van der Waals surface area contributed by atoms with Crippen molar-refractivity contribution in [1.82, 2.24) is 4.90 Å². The fraction of sp³-hybridized carbons (Fsp3) is 0.143. The molecule has 0 saturated heterocycles. The van der Waals surface area contributed by atoms with Crippen LogP contribution >= 0.6 is 0 Å². The normalized spacial score (nSPS) is 9.58. The monoisotopic (exact) mass is 263 g/mol. The Balaban J connectivity index is 2.93. The number of amides is 2. The summed E-state index contributed by atoms with van der Waals surface area (Å²) in [5.74, 6) is -2.30. The second kappa shape index (κ2) is 6.49. The Morgan fingerprint density at radius 2 is 1.95 bits per heavy atom. The highest BCUT2D eigenvalue weighted by Gasteiger charge is 2.22. The van der Waals surface area contributed by atoms with E-state index in [1.165, 1.54) is 7.11 Å². The molecule has 4 nitrogen and oxygen atoms in total. The van der Waals surface area contributed by atoms with Crippen LogP contribution in [0.4, 0.5) is 4.39 Å². The molecule has 1 aromatic carbocycles. The van der Waals surface area contributed by atoms with Gasteiger partial charge in [0, 0.05) is 0 Å². The molecule has 0 N–H and O–H groups in total. The largest absolute Gasteiger partial charge is 0.497 e. The summed E-state index contributed by atoms with van der Waals surface area (Å²) in [7, 11) is 1.53. The molecule has 0 fully saturated rings. The van der Waals surface area contributed by atoms with E-state index >= 15 is 0 Å². The Bertz CT molecular complexity index is 508. The van der Waals surface area contributed by atoms with Crippen molar-refractivity contribution in [1.29, 1.82) is 0 Å². The van der Waals surface area contributed by atoms with Crippen molar-refractivity contribution in [3.8, 4) is 5.75 Å². The average Bonchev–Trinajstić information content (AvgIpc) is 2.43. The average molecular weight is 263 g/mol. The van der Waals surface area contributed by atoms with Gasteiger partial charge < -0.3 is 4.74 Å². The Morgan fingerprint density at radius 1 is 1.37 bits per heavy atom. The zero-order valence-electron chi connectivity index (χ0n) is 10.6. The van der Waals surface area contributed by atoms with Gasteiger partial charge >= 0.3 is 0 Å². The van der Waals surface area contributed by atoms with E-state index in [1.807, 2.05) is 0 Å². The number of hydrogen-bond donors (Lipinski definition) is 0. The number of rotatable bonds is 5. The van der Waals surface area contributed by atoms with Crippen LogP contribution in [0.15, 0.2) is 49.3 Å². The Hall–Kier alpha value is -2.43. The standard InChI is InChI=1S/C14H14FNO3/c1-4-13(17)16(14(18)10(2)15)9-11-5-7-12(19-3)8-6-11/h4-8H,1-2,9H2,3H3. The van der Waals surface area contributed by atoms with Crippen molar-refractivity contribution in [3.63, 3.8) is 0 Å². The number of carbonyl (C=O) groups is 2. The Kier molecular flexibility index (Phi) is 5.00. The fourth-order valence-corrected chi connectivity index (χ4v) is 1.42. The number of benzene rings is 1. The molecule has 0 spiro atoms. The van der Waals surface area contributed by atoms with Gasteiger partial charge in [-0.15, -0.1) is 0 Å². The van der Waals surface area contributed by atoms with Gasteiger partial charge in [-0.3, -0.25) is 14.5 Å². The van der Waals surface area contributed by atoms with Crippen molar-refractivity contribution in [2.75, 3.05) is 7.11 Å². The second-order valence-electron chi connectivity index (χ2n) is 3.69. The topological polar surface area (TPSA) is 46.6 Å². The molecule has 0 aromatic heterocycles. The van der Waals surface area contributed by atoms with Crippen LogP contribution in [-0.4, -0.2) is 23.8 Å². The zero-order chi connectivity index (χ0) is 14.4. The highest BCUT2D eigenvalue weighted by molar-refractivity contribution is 6.06. The van der Waals surface area contributed by atoms with E-state index in [0.29, 0.717) is 11.3 Å². The minimum absolute atomic E-state index is 0.0589. The third-order valence-electron chi connectivity index (χ3n) is 2.42. The van der Waals surface area contributed by atoms with Gasteiger partial charge in [0.25, 0.3) is 11.8 Å². The van der Waals surface area contributed by atoms with Gasteiger partial charge in [0.2, 0.25) is 0 Å². The summed E-state index contributed by atoms with van der Waals surface area (Å²) in [4.78, 5) is 23.8. The minimum atomic E-state index is -1.19. The molecule has 2 amide bonds. The van der Waals surface area contributed by atoms with Crippen molar-refractivity contribution in [3.05, 3.63) is 54.9 Å². The van der Waals surface area contributed by atoms with E-state index in [-0.39, 0.29) is 6.54 Å². The molecule has 0 unspecified atom stereocenters. The highest BCUT2D eigenvalue weighted by Crippen LogP contribution is 2.14. The summed E-state index contributed by atoms with van der Waals surface area (Å²) in [5, 5.41) is 0. The third kappa shape index (κ3) is 3.77. The van der Waals surface area contributed by atoms with Crippen LogP contribution in [-0.2, 0) is 16.1 Å². The summed E-state index contributed by atoms with van der Waals surface area (Å²) in [6, 6.07) is 6.72. The van der Waals surface area contributed by atoms with Crippen molar-refractivity contribution in [2.45, 2.75) is 6.54 Å². The quantitative estimate of drug-likeness (QED) is 0.765. The third-order valence-corrected chi connectivity index (χ3v) is 2.42. The van der Waals surface area contributed by atoms with E-state index < -0.39 is 17.6 Å². The lowest BCUT2D eigenvalue weighted by atomic mass is 10.2. The van der Waals surface area contributed by atoms with Gasteiger partial charge in [0.1, 0.15) is 5.75 Å². The molecule has 0 heterocycles. The van der Waals surface area contributed by atoms with Gasteiger partial charge in [-0.05, 0) is 23.8 Å². The summed E-state index contributed by atoms with van der Waals surface area (Å²) in [6.45, 7) is 6.12. The second-order valence-corrected chi connectivity index (χ2v) is 3.69. The molecule has 0 radical (unpaired) electrons. The van der Waals surface area contributed by atoms with E-state index in [2.05, 4.69) is 13.2 Å². The van der Waals surface area contributed by atoms with Crippen molar-refractivity contribution < 1.29 is 18.7 Å².